The molecule has 1 aromatic carbocycles. The molecule has 2 aromatic rings. The zero-order valence-corrected chi connectivity index (χ0v) is 17.0. The van der Waals surface area contributed by atoms with E-state index in [0.29, 0.717) is 23.9 Å². The van der Waals surface area contributed by atoms with E-state index in [9.17, 15) is 9.18 Å². The van der Waals surface area contributed by atoms with Gasteiger partial charge in [-0.15, -0.1) is 0 Å². The van der Waals surface area contributed by atoms with Crippen LogP contribution in [-0.4, -0.2) is 41.5 Å². The van der Waals surface area contributed by atoms with E-state index in [1.54, 1.807) is 36.5 Å². The van der Waals surface area contributed by atoms with Crippen LogP contribution in [0.1, 0.15) is 32.3 Å². The highest BCUT2D eigenvalue weighted by Crippen LogP contribution is 2.24. The van der Waals surface area contributed by atoms with Gasteiger partial charge in [0.2, 0.25) is 5.91 Å². The molecule has 1 aromatic heterocycles. The molecule has 1 aliphatic heterocycles. The van der Waals surface area contributed by atoms with Crippen LogP contribution in [0.3, 0.4) is 0 Å². The predicted molar refractivity (Wildman–Crippen MR) is 112 cm³/mol. The number of hydrogen-bond acceptors (Lipinski definition) is 4. The van der Waals surface area contributed by atoms with Gasteiger partial charge in [0, 0.05) is 24.9 Å². The molecular formula is C23H28FN3O2. The summed E-state index contributed by atoms with van der Waals surface area (Å²) in [5, 5.41) is 2.93. The van der Waals surface area contributed by atoms with Crippen molar-refractivity contribution < 1.29 is 13.9 Å². The number of pyridine rings is 1. The van der Waals surface area contributed by atoms with Crippen molar-refractivity contribution in [2.75, 3.05) is 19.6 Å². The Kier molecular flexibility index (Phi) is 7.36. The van der Waals surface area contributed by atoms with E-state index in [-0.39, 0.29) is 11.7 Å². The molecule has 1 aliphatic rings. The highest BCUT2D eigenvalue weighted by atomic mass is 19.1. The predicted octanol–water partition coefficient (Wildman–Crippen LogP) is 4.26. The normalized spacial score (nSPS) is 16.7. The van der Waals surface area contributed by atoms with Gasteiger partial charge in [0.15, 0.2) is 11.6 Å². The zero-order valence-electron chi connectivity index (χ0n) is 17.0. The van der Waals surface area contributed by atoms with Crippen LogP contribution in [-0.2, 0) is 4.79 Å². The number of halogens is 1. The Balaban J connectivity index is 1.49. The fourth-order valence-electron chi connectivity index (χ4n) is 3.32. The van der Waals surface area contributed by atoms with E-state index in [0.717, 1.165) is 19.0 Å². The van der Waals surface area contributed by atoms with Crippen LogP contribution in [0.2, 0.25) is 0 Å². The molecule has 154 valence electrons. The summed E-state index contributed by atoms with van der Waals surface area (Å²) in [6.45, 7) is 7.19. The SMILES string of the molecule is CC1CCN(C(C)CNC(=O)/C=C/c2ccc(Oc3cccnc3)c(F)c2)CC1. The molecule has 5 nitrogen and oxygen atoms in total. The van der Waals surface area contributed by atoms with E-state index >= 15 is 0 Å². The lowest BCUT2D eigenvalue weighted by molar-refractivity contribution is -0.116. The lowest BCUT2D eigenvalue weighted by Gasteiger charge is -2.34. The maximum atomic E-state index is 14.3. The van der Waals surface area contributed by atoms with Crippen LogP contribution in [0.4, 0.5) is 4.39 Å². The number of nitrogens with zero attached hydrogens (tertiary/aromatic N) is 2. The average Bonchev–Trinajstić information content (AvgIpc) is 2.73. The summed E-state index contributed by atoms with van der Waals surface area (Å²) < 4.78 is 19.7. The Morgan fingerprint density at radius 1 is 1.38 bits per heavy atom. The van der Waals surface area contributed by atoms with Gasteiger partial charge in [-0.1, -0.05) is 13.0 Å². The van der Waals surface area contributed by atoms with Crippen molar-refractivity contribution >= 4 is 12.0 Å². The quantitative estimate of drug-likeness (QED) is 0.709. The number of nitrogens with one attached hydrogen (secondary N) is 1. The number of aromatic nitrogens is 1. The minimum Gasteiger partial charge on any atom is -0.453 e. The zero-order chi connectivity index (χ0) is 20.6. The standard InChI is InChI=1S/C23H28FN3O2/c1-17-9-12-27(13-10-17)18(2)15-26-23(28)8-6-19-5-7-22(21(24)14-19)29-20-4-3-11-25-16-20/h3-8,11,14,16-18H,9-10,12-13,15H2,1-2H3,(H,26,28)/b8-6+. The van der Waals surface area contributed by atoms with E-state index in [1.165, 1.54) is 31.2 Å². The number of ether oxygens (including phenoxy) is 1. The Labute approximate surface area is 171 Å². The van der Waals surface area contributed by atoms with Crippen molar-refractivity contribution in [1.82, 2.24) is 15.2 Å². The summed E-state index contributed by atoms with van der Waals surface area (Å²) >= 11 is 0. The maximum absolute atomic E-state index is 14.3. The van der Waals surface area contributed by atoms with Crippen molar-refractivity contribution in [2.24, 2.45) is 5.92 Å². The topological polar surface area (TPSA) is 54.5 Å². The largest absolute Gasteiger partial charge is 0.453 e. The number of amides is 1. The van der Waals surface area contributed by atoms with Crippen molar-refractivity contribution in [3.63, 3.8) is 0 Å². The fourth-order valence-corrected chi connectivity index (χ4v) is 3.32. The van der Waals surface area contributed by atoms with E-state index in [1.807, 2.05) is 0 Å². The van der Waals surface area contributed by atoms with E-state index in [2.05, 4.69) is 29.0 Å². The van der Waals surface area contributed by atoms with Crippen molar-refractivity contribution in [2.45, 2.75) is 32.7 Å². The molecule has 0 radical (unpaired) electrons. The van der Waals surface area contributed by atoms with E-state index < -0.39 is 5.82 Å². The first-order valence-electron chi connectivity index (χ1n) is 10.1. The lowest BCUT2D eigenvalue weighted by atomic mass is 9.98. The highest BCUT2D eigenvalue weighted by molar-refractivity contribution is 5.91. The van der Waals surface area contributed by atoms with Crippen LogP contribution in [0, 0.1) is 11.7 Å². The molecule has 0 saturated carbocycles. The van der Waals surface area contributed by atoms with Gasteiger partial charge in [0.1, 0.15) is 5.75 Å². The van der Waals surface area contributed by atoms with Gasteiger partial charge in [-0.3, -0.25) is 14.7 Å². The van der Waals surface area contributed by atoms with Gasteiger partial charge in [-0.25, -0.2) is 4.39 Å². The average molecular weight is 397 g/mol. The van der Waals surface area contributed by atoms with Crippen LogP contribution in [0.5, 0.6) is 11.5 Å². The first-order chi connectivity index (χ1) is 14.0. The molecule has 1 amide bonds. The van der Waals surface area contributed by atoms with Gasteiger partial charge in [0.05, 0.1) is 6.20 Å². The van der Waals surface area contributed by atoms with Crippen molar-refractivity contribution in [3.8, 4) is 11.5 Å². The number of carbonyl (C=O) groups is 1. The number of carbonyl (C=O) groups excluding carboxylic acids is 1. The highest BCUT2D eigenvalue weighted by Gasteiger charge is 2.20. The molecule has 1 N–H and O–H groups in total. The van der Waals surface area contributed by atoms with Crippen LogP contribution >= 0.6 is 0 Å². The lowest BCUT2D eigenvalue weighted by Crippen LogP contribution is -2.45. The first kappa shape index (κ1) is 21.0. The van der Waals surface area contributed by atoms with Crippen molar-refractivity contribution in [3.05, 3.63) is 60.2 Å². The van der Waals surface area contributed by atoms with Crippen LogP contribution in [0.25, 0.3) is 6.08 Å². The molecule has 1 saturated heterocycles. The molecular weight excluding hydrogens is 369 g/mol. The van der Waals surface area contributed by atoms with Crippen LogP contribution in [0.15, 0.2) is 48.8 Å². The number of benzene rings is 1. The molecule has 1 unspecified atom stereocenters. The number of hydrogen-bond donors (Lipinski definition) is 1. The molecule has 29 heavy (non-hydrogen) atoms. The minimum atomic E-state index is -0.496. The number of piperidine rings is 1. The third-order valence-corrected chi connectivity index (χ3v) is 5.26. The Bertz CT molecular complexity index is 833. The second-order valence-corrected chi connectivity index (χ2v) is 7.63. The van der Waals surface area contributed by atoms with Gasteiger partial charge in [-0.05, 0) is 74.7 Å². The summed E-state index contributed by atoms with van der Waals surface area (Å²) in [7, 11) is 0. The molecule has 0 bridgehead atoms. The Morgan fingerprint density at radius 3 is 2.86 bits per heavy atom. The van der Waals surface area contributed by atoms with Gasteiger partial charge < -0.3 is 10.1 Å². The second-order valence-electron chi connectivity index (χ2n) is 7.63. The monoisotopic (exact) mass is 397 g/mol. The Morgan fingerprint density at radius 2 is 2.17 bits per heavy atom. The summed E-state index contributed by atoms with van der Waals surface area (Å²) in [4.78, 5) is 18.5. The third kappa shape index (κ3) is 6.39. The summed E-state index contributed by atoms with van der Waals surface area (Å²) in [5.41, 5.74) is 0.592. The van der Waals surface area contributed by atoms with Gasteiger partial charge in [0.25, 0.3) is 0 Å². The second kappa shape index (κ2) is 10.2. The summed E-state index contributed by atoms with van der Waals surface area (Å²) in [5.74, 6) is 0.691. The van der Waals surface area contributed by atoms with Crippen LogP contribution < -0.4 is 10.1 Å². The van der Waals surface area contributed by atoms with Gasteiger partial charge in [-0.2, -0.15) is 0 Å². The maximum Gasteiger partial charge on any atom is 0.244 e. The Hall–Kier alpha value is -2.73. The third-order valence-electron chi connectivity index (χ3n) is 5.26. The molecule has 0 spiro atoms. The molecule has 1 atom stereocenters. The van der Waals surface area contributed by atoms with E-state index in [4.69, 9.17) is 4.74 Å². The van der Waals surface area contributed by atoms with Crippen molar-refractivity contribution in [1.29, 1.82) is 0 Å². The summed E-state index contributed by atoms with van der Waals surface area (Å²) in [6, 6.07) is 8.31. The fraction of sp³-hybridized carbons (Fsp3) is 0.391. The molecule has 2 heterocycles. The van der Waals surface area contributed by atoms with Gasteiger partial charge >= 0.3 is 0 Å². The first-order valence-corrected chi connectivity index (χ1v) is 10.1. The number of rotatable bonds is 7. The summed E-state index contributed by atoms with van der Waals surface area (Å²) in [6.07, 6.45) is 8.59. The molecule has 6 heteroatoms. The molecule has 0 aliphatic carbocycles. The molecule has 3 rings (SSSR count). The number of likely N-dealkylation sites (tertiary alicyclic amines) is 1. The smallest absolute Gasteiger partial charge is 0.244 e. The molecule has 1 fully saturated rings. The minimum absolute atomic E-state index is 0.115.